The molecule has 0 aliphatic carbocycles. The number of ether oxygens (including phenoxy) is 1. The Kier molecular flexibility index (Phi) is 3.71. The number of anilines is 1. The number of fused-ring (bicyclic) bond motifs is 1. The van der Waals surface area contributed by atoms with Crippen LogP contribution in [0.5, 0.6) is 0 Å². The third-order valence-corrected chi connectivity index (χ3v) is 4.09. The van der Waals surface area contributed by atoms with Gasteiger partial charge >= 0.3 is 0 Å². The predicted octanol–water partition coefficient (Wildman–Crippen LogP) is -0.550. The van der Waals surface area contributed by atoms with E-state index in [9.17, 15) is 15.0 Å². The van der Waals surface area contributed by atoms with Crippen molar-refractivity contribution in [1.82, 2.24) is 14.5 Å². The van der Waals surface area contributed by atoms with E-state index in [-0.39, 0.29) is 11.4 Å². The fourth-order valence-corrected chi connectivity index (χ4v) is 2.97. The summed E-state index contributed by atoms with van der Waals surface area (Å²) in [5.41, 5.74) is 11.8. The minimum atomic E-state index is -1.16. The fraction of sp³-hybridized carbons (Fsp3) is 0.500. The van der Waals surface area contributed by atoms with Gasteiger partial charge < -0.3 is 31.0 Å². The highest BCUT2D eigenvalue weighted by Gasteiger charge is 2.43. The molecule has 23 heavy (non-hydrogen) atoms. The van der Waals surface area contributed by atoms with Gasteiger partial charge in [-0.05, 0) is 13.3 Å². The van der Waals surface area contributed by atoms with Gasteiger partial charge in [-0.25, -0.2) is 9.97 Å². The molecule has 1 fully saturated rings. The maximum atomic E-state index is 11.7. The molecule has 124 valence electrons. The van der Waals surface area contributed by atoms with Gasteiger partial charge in [-0.3, -0.25) is 4.79 Å². The number of aromatic nitrogens is 3. The molecule has 3 heterocycles. The summed E-state index contributed by atoms with van der Waals surface area (Å²) in [6, 6.07) is 0. The average Bonchev–Trinajstić information content (AvgIpc) is 2.99. The summed E-state index contributed by atoms with van der Waals surface area (Å²) >= 11 is 0. The molecule has 0 aromatic carbocycles. The molecule has 9 nitrogen and oxygen atoms in total. The van der Waals surface area contributed by atoms with E-state index in [0.29, 0.717) is 23.3 Å². The number of nitrogens with two attached hydrogens (primary N) is 2. The summed E-state index contributed by atoms with van der Waals surface area (Å²) in [5, 5.41) is 20.6. The van der Waals surface area contributed by atoms with Crippen molar-refractivity contribution in [3.63, 3.8) is 0 Å². The van der Waals surface area contributed by atoms with Crippen LogP contribution < -0.4 is 11.5 Å². The smallest absolute Gasteiger partial charge is 0.251 e. The van der Waals surface area contributed by atoms with E-state index in [1.807, 2.05) is 6.92 Å². The monoisotopic (exact) mass is 321 g/mol. The normalized spacial score (nSPS) is 27.7. The Balaban J connectivity index is 2.20. The highest BCUT2D eigenvalue weighted by Crippen LogP contribution is 2.35. The molecular formula is C14H19N5O4. The van der Waals surface area contributed by atoms with Crippen LogP contribution in [0.4, 0.5) is 5.82 Å². The first-order chi connectivity index (χ1) is 10.8. The van der Waals surface area contributed by atoms with Crippen LogP contribution in [0.1, 0.15) is 35.8 Å². The van der Waals surface area contributed by atoms with Crippen molar-refractivity contribution >= 4 is 22.8 Å². The SMILES string of the molecule is CC[C@H]1O[C@@H](n2cc(C(N)=O)c3c(N)nc(C)nc32)[C@H](O)[C@@H]1O. The fourth-order valence-electron chi connectivity index (χ4n) is 2.97. The number of hydrogen-bond acceptors (Lipinski definition) is 7. The summed E-state index contributed by atoms with van der Waals surface area (Å²) in [4.78, 5) is 20.0. The van der Waals surface area contributed by atoms with Crippen LogP contribution in [0.2, 0.25) is 0 Å². The predicted molar refractivity (Wildman–Crippen MR) is 81.4 cm³/mol. The van der Waals surface area contributed by atoms with Crippen molar-refractivity contribution in [2.24, 2.45) is 5.73 Å². The lowest BCUT2D eigenvalue weighted by atomic mass is 10.1. The molecule has 9 heteroatoms. The Labute approximate surface area is 131 Å². The van der Waals surface area contributed by atoms with Gasteiger partial charge in [0.2, 0.25) is 0 Å². The number of nitrogen functional groups attached to an aromatic ring is 1. The number of carbonyl (C=O) groups excluding carboxylic acids is 1. The minimum absolute atomic E-state index is 0.125. The quantitative estimate of drug-likeness (QED) is 0.592. The van der Waals surface area contributed by atoms with Gasteiger partial charge in [0.15, 0.2) is 6.23 Å². The molecule has 0 unspecified atom stereocenters. The molecule has 1 aliphatic rings. The van der Waals surface area contributed by atoms with Gasteiger partial charge in [0, 0.05) is 6.20 Å². The summed E-state index contributed by atoms with van der Waals surface area (Å²) in [5.74, 6) is -0.154. The van der Waals surface area contributed by atoms with Crippen LogP contribution in [0.25, 0.3) is 11.0 Å². The zero-order chi connectivity index (χ0) is 16.9. The molecule has 0 spiro atoms. The number of aliphatic hydroxyl groups excluding tert-OH is 2. The van der Waals surface area contributed by atoms with Crippen molar-refractivity contribution in [3.8, 4) is 0 Å². The first-order valence-corrected chi connectivity index (χ1v) is 7.31. The average molecular weight is 321 g/mol. The molecule has 4 atom stereocenters. The maximum absolute atomic E-state index is 11.7. The number of rotatable bonds is 3. The Morgan fingerprint density at radius 2 is 2.09 bits per heavy atom. The van der Waals surface area contributed by atoms with E-state index >= 15 is 0 Å². The van der Waals surface area contributed by atoms with Gasteiger partial charge in [-0.2, -0.15) is 0 Å². The zero-order valence-electron chi connectivity index (χ0n) is 12.8. The van der Waals surface area contributed by atoms with Gasteiger partial charge in [0.1, 0.15) is 29.5 Å². The molecule has 0 bridgehead atoms. The van der Waals surface area contributed by atoms with Crippen molar-refractivity contribution in [2.75, 3.05) is 5.73 Å². The number of primary amides is 1. The van der Waals surface area contributed by atoms with E-state index in [0.717, 1.165) is 0 Å². The molecule has 1 aliphatic heterocycles. The standard InChI is InChI=1S/C14H19N5O4/c1-3-7-9(20)10(21)14(23-7)19-4-6(12(16)22)8-11(15)17-5(2)18-13(8)19/h4,7,9-10,14,20-21H,3H2,1-2H3,(H2,16,22)(H2,15,17,18)/t7-,9-,10-,14-/m1/s1. The van der Waals surface area contributed by atoms with Gasteiger partial charge in [-0.15, -0.1) is 0 Å². The van der Waals surface area contributed by atoms with Crippen LogP contribution in [-0.2, 0) is 4.74 Å². The molecule has 2 aromatic heterocycles. The molecular weight excluding hydrogens is 302 g/mol. The van der Waals surface area contributed by atoms with Crippen LogP contribution in [0, 0.1) is 6.92 Å². The molecule has 0 saturated carbocycles. The lowest BCUT2D eigenvalue weighted by Crippen LogP contribution is -2.31. The number of aryl methyl sites for hydroxylation is 1. The lowest BCUT2D eigenvalue weighted by Gasteiger charge is -2.17. The Morgan fingerprint density at radius 1 is 1.39 bits per heavy atom. The Bertz CT molecular complexity index is 774. The second-order valence-electron chi connectivity index (χ2n) is 5.62. The van der Waals surface area contributed by atoms with E-state index in [4.69, 9.17) is 16.2 Å². The number of nitrogens with zero attached hydrogens (tertiary/aromatic N) is 3. The van der Waals surface area contributed by atoms with Gasteiger partial charge in [-0.1, -0.05) is 6.92 Å². The van der Waals surface area contributed by atoms with E-state index in [1.165, 1.54) is 10.8 Å². The first kappa shape index (κ1) is 15.7. The number of aliphatic hydroxyl groups is 2. The van der Waals surface area contributed by atoms with Crippen LogP contribution >= 0.6 is 0 Å². The largest absolute Gasteiger partial charge is 0.388 e. The summed E-state index contributed by atoms with van der Waals surface area (Å²) < 4.78 is 7.19. The van der Waals surface area contributed by atoms with Gasteiger partial charge in [0.25, 0.3) is 5.91 Å². The lowest BCUT2D eigenvalue weighted by molar-refractivity contribution is -0.0353. The molecule has 6 N–H and O–H groups in total. The van der Waals surface area contributed by atoms with Crippen molar-refractivity contribution in [1.29, 1.82) is 0 Å². The molecule has 3 rings (SSSR count). The Hall–Kier alpha value is -2.23. The third-order valence-electron chi connectivity index (χ3n) is 4.09. The summed E-state index contributed by atoms with van der Waals surface area (Å²) in [7, 11) is 0. The van der Waals surface area contributed by atoms with Crippen LogP contribution in [-0.4, -0.2) is 49.0 Å². The highest BCUT2D eigenvalue weighted by molar-refractivity contribution is 6.08. The van der Waals surface area contributed by atoms with Crippen LogP contribution in [0.15, 0.2) is 6.20 Å². The van der Waals surface area contributed by atoms with Gasteiger partial charge in [0.05, 0.1) is 17.1 Å². The maximum Gasteiger partial charge on any atom is 0.251 e. The first-order valence-electron chi connectivity index (χ1n) is 7.31. The minimum Gasteiger partial charge on any atom is -0.388 e. The topological polar surface area (TPSA) is 150 Å². The zero-order valence-corrected chi connectivity index (χ0v) is 12.8. The van der Waals surface area contributed by atoms with Crippen molar-refractivity contribution < 1.29 is 19.7 Å². The van der Waals surface area contributed by atoms with E-state index in [1.54, 1.807) is 6.92 Å². The molecule has 0 radical (unpaired) electrons. The second-order valence-corrected chi connectivity index (χ2v) is 5.62. The number of carbonyl (C=O) groups is 1. The highest BCUT2D eigenvalue weighted by atomic mass is 16.6. The summed E-state index contributed by atoms with van der Waals surface area (Å²) in [6.07, 6.45) is -1.63. The molecule has 1 amide bonds. The van der Waals surface area contributed by atoms with Crippen LogP contribution in [0.3, 0.4) is 0 Å². The molecule has 2 aromatic rings. The van der Waals surface area contributed by atoms with E-state index in [2.05, 4.69) is 9.97 Å². The van der Waals surface area contributed by atoms with E-state index < -0.39 is 30.4 Å². The molecule has 1 saturated heterocycles. The van der Waals surface area contributed by atoms with Crippen molar-refractivity contribution in [3.05, 3.63) is 17.6 Å². The number of hydrogen-bond donors (Lipinski definition) is 4. The third kappa shape index (κ3) is 2.33. The summed E-state index contributed by atoms with van der Waals surface area (Å²) in [6.45, 7) is 3.50. The number of amides is 1. The Morgan fingerprint density at radius 3 is 2.65 bits per heavy atom. The van der Waals surface area contributed by atoms with Crippen molar-refractivity contribution in [2.45, 2.75) is 44.8 Å². The second kappa shape index (κ2) is 5.44.